The topological polar surface area (TPSA) is 26.0 Å². The second kappa shape index (κ2) is 4.63. The highest BCUT2D eigenvalue weighted by Crippen LogP contribution is 2.26. The van der Waals surface area contributed by atoms with Gasteiger partial charge in [0.25, 0.3) is 0 Å². The molecular formula is C14H13F2N. The Kier molecular flexibility index (Phi) is 3.20. The quantitative estimate of drug-likeness (QED) is 0.845. The molecule has 0 aliphatic heterocycles. The molecule has 88 valence electrons. The number of rotatable bonds is 2. The van der Waals surface area contributed by atoms with Gasteiger partial charge in [-0.25, -0.2) is 8.78 Å². The zero-order chi connectivity index (χ0) is 12.4. The Bertz CT molecular complexity index is 530. The van der Waals surface area contributed by atoms with Crippen LogP contribution >= 0.6 is 0 Å². The van der Waals surface area contributed by atoms with Gasteiger partial charge in [0.05, 0.1) is 0 Å². The zero-order valence-electron chi connectivity index (χ0n) is 9.50. The maximum absolute atomic E-state index is 13.2. The summed E-state index contributed by atoms with van der Waals surface area (Å²) in [5.74, 6) is -1.16. The van der Waals surface area contributed by atoms with E-state index in [-0.39, 0.29) is 0 Å². The number of hydrogen-bond acceptors (Lipinski definition) is 1. The normalized spacial score (nSPS) is 10.6. The van der Waals surface area contributed by atoms with E-state index < -0.39 is 11.6 Å². The standard InChI is InChI=1S/C14H13F2N/c1-9-2-3-10(8-17)14(4-9)11-5-12(15)7-13(16)6-11/h2-7H,8,17H2,1H3. The third kappa shape index (κ3) is 2.50. The van der Waals surface area contributed by atoms with Crippen molar-refractivity contribution < 1.29 is 8.78 Å². The maximum atomic E-state index is 13.2. The minimum absolute atomic E-state index is 0.341. The van der Waals surface area contributed by atoms with Crippen molar-refractivity contribution in [1.82, 2.24) is 0 Å². The highest BCUT2D eigenvalue weighted by Gasteiger charge is 2.07. The van der Waals surface area contributed by atoms with Gasteiger partial charge in [-0.2, -0.15) is 0 Å². The van der Waals surface area contributed by atoms with Gasteiger partial charge in [-0.1, -0.05) is 23.8 Å². The predicted molar refractivity (Wildman–Crippen MR) is 64.4 cm³/mol. The van der Waals surface area contributed by atoms with Gasteiger partial charge >= 0.3 is 0 Å². The molecule has 0 saturated carbocycles. The highest BCUT2D eigenvalue weighted by atomic mass is 19.1. The first-order chi connectivity index (χ1) is 8.10. The summed E-state index contributed by atoms with van der Waals surface area (Å²) in [5, 5.41) is 0. The summed E-state index contributed by atoms with van der Waals surface area (Å²) >= 11 is 0. The summed E-state index contributed by atoms with van der Waals surface area (Å²) < 4.78 is 26.4. The van der Waals surface area contributed by atoms with Crippen LogP contribution in [0.4, 0.5) is 8.78 Å². The molecule has 2 aromatic rings. The van der Waals surface area contributed by atoms with Crippen molar-refractivity contribution in [2.45, 2.75) is 13.5 Å². The zero-order valence-corrected chi connectivity index (χ0v) is 9.50. The Balaban J connectivity index is 2.62. The molecule has 1 nitrogen and oxygen atoms in total. The van der Waals surface area contributed by atoms with Gasteiger partial charge in [0.2, 0.25) is 0 Å². The molecule has 2 N–H and O–H groups in total. The molecule has 2 rings (SSSR count). The highest BCUT2D eigenvalue weighted by molar-refractivity contribution is 5.68. The van der Waals surface area contributed by atoms with Crippen LogP contribution in [0.25, 0.3) is 11.1 Å². The van der Waals surface area contributed by atoms with E-state index in [1.54, 1.807) is 0 Å². The van der Waals surface area contributed by atoms with Gasteiger partial charge in [0, 0.05) is 12.6 Å². The summed E-state index contributed by atoms with van der Waals surface area (Å²) in [6, 6.07) is 9.20. The molecule has 0 fully saturated rings. The van der Waals surface area contributed by atoms with E-state index in [0.717, 1.165) is 22.8 Å². The fourth-order valence-corrected chi connectivity index (χ4v) is 1.85. The molecule has 0 spiro atoms. The van der Waals surface area contributed by atoms with Crippen molar-refractivity contribution in [2.75, 3.05) is 0 Å². The average Bonchev–Trinajstić information content (AvgIpc) is 2.27. The Hall–Kier alpha value is -1.74. The molecule has 3 heteroatoms. The lowest BCUT2D eigenvalue weighted by molar-refractivity contribution is 0.584. The average molecular weight is 233 g/mol. The molecule has 0 atom stereocenters. The second-order valence-electron chi connectivity index (χ2n) is 4.02. The third-order valence-electron chi connectivity index (χ3n) is 2.66. The van der Waals surface area contributed by atoms with Gasteiger partial charge in [0.15, 0.2) is 0 Å². The molecular weight excluding hydrogens is 220 g/mol. The van der Waals surface area contributed by atoms with Gasteiger partial charge in [-0.15, -0.1) is 0 Å². The molecule has 0 aliphatic carbocycles. The van der Waals surface area contributed by atoms with Crippen LogP contribution in [0.5, 0.6) is 0 Å². The predicted octanol–water partition coefficient (Wildman–Crippen LogP) is 3.40. The number of benzene rings is 2. The molecule has 17 heavy (non-hydrogen) atoms. The van der Waals surface area contributed by atoms with Crippen molar-refractivity contribution in [2.24, 2.45) is 5.73 Å². The molecule has 0 heterocycles. The largest absolute Gasteiger partial charge is 0.326 e. The maximum Gasteiger partial charge on any atom is 0.126 e. The monoisotopic (exact) mass is 233 g/mol. The molecule has 0 bridgehead atoms. The van der Waals surface area contributed by atoms with Crippen LogP contribution in [0.2, 0.25) is 0 Å². The molecule has 2 aromatic carbocycles. The molecule has 0 amide bonds. The third-order valence-corrected chi connectivity index (χ3v) is 2.66. The van der Waals surface area contributed by atoms with Crippen molar-refractivity contribution in [3.63, 3.8) is 0 Å². The van der Waals surface area contributed by atoms with Crippen molar-refractivity contribution in [3.8, 4) is 11.1 Å². The molecule has 0 radical (unpaired) electrons. The minimum atomic E-state index is -0.579. The Morgan fingerprint density at radius 3 is 2.24 bits per heavy atom. The fraction of sp³-hybridized carbons (Fsp3) is 0.143. The summed E-state index contributed by atoms with van der Waals surface area (Å²) in [5.41, 5.74) is 8.84. The lowest BCUT2D eigenvalue weighted by Crippen LogP contribution is -1.99. The summed E-state index contributed by atoms with van der Waals surface area (Å²) in [6.07, 6.45) is 0. The van der Waals surface area contributed by atoms with Crippen molar-refractivity contribution in [3.05, 3.63) is 59.2 Å². The summed E-state index contributed by atoms with van der Waals surface area (Å²) in [6.45, 7) is 2.27. The van der Waals surface area contributed by atoms with Crippen LogP contribution in [-0.4, -0.2) is 0 Å². The van der Waals surface area contributed by atoms with E-state index in [4.69, 9.17) is 5.73 Å². The lowest BCUT2D eigenvalue weighted by atomic mass is 9.97. The van der Waals surface area contributed by atoms with Gasteiger partial charge in [-0.3, -0.25) is 0 Å². The van der Waals surface area contributed by atoms with E-state index in [0.29, 0.717) is 12.1 Å². The number of halogens is 2. The van der Waals surface area contributed by atoms with Crippen LogP contribution in [0.3, 0.4) is 0 Å². The van der Waals surface area contributed by atoms with E-state index >= 15 is 0 Å². The van der Waals surface area contributed by atoms with Crippen molar-refractivity contribution >= 4 is 0 Å². The SMILES string of the molecule is Cc1ccc(CN)c(-c2cc(F)cc(F)c2)c1. The minimum Gasteiger partial charge on any atom is -0.326 e. The molecule has 0 aromatic heterocycles. The second-order valence-corrected chi connectivity index (χ2v) is 4.02. The van der Waals surface area contributed by atoms with E-state index in [1.165, 1.54) is 12.1 Å². The lowest BCUT2D eigenvalue weighted by Gasteiger charge is -2.09. The van der Waals surface area contributed by atoms with E-state index in [1.807, 2.05) is 25.1 Å². The summed E-state index contributed by atoms with van der Waals surface area (Å²) in [7, 11) is 0. The van der Waals surface area contributed by atoms with Gasteiger partial charge < -0.3 is 5.73 Å². The first-order valence-electron chi connectivity index (χ1n) is 5.36. The number of nitrogens with two attached hydrogens (primary N) is 1. The van der Waals surface area contributed by atoms with Crippen LogP contribution in [0.1, 0.15) is 11.1 Å². The number of aryl methyl sites for hydroxylation is 1. The van der Waals surface area contributed by atoms with Crippen LogP contribution in [0.15, 0.2) is 36.4 Å². The Morgan fingerprint density at radius 2 is 1.65 bits per heavy atom. The molecule has 0 aliphatic rings. The van der Waals surface area contributed by atoms with Gasteiger partial charge in [-0.05, 0) is 35.7 Å². The smallest absolute Gasteiger partial charge is 0.126 e. The van der Waals surface area contributed by atoms with Crippen LogP contribution in [-0.2, 0) is 6.54 Å². The first-order valence-corrected chi connectivity index (χ1v) is 5.36. The Labute approximate surface area is 98.9 Å². The number of hydrogen-bond donors (Lipinski definition) is 1. The van der Waals surface area contributed by atoms with E-state index in [9.17, 15) is 8.78 Å². The summed E-state index contributed by atoms with van der Waals surface area (Å²) in [4.78, 5) is 0. The molecule has 0 saturated heterocycles. The first kappa shape index (κ1) is 11.7. The Morgan fingerprint density at radius 1 is 1.00 bits per heavy atom. The van der Waals surface area contributed by atoms with Crippen molar-refractivity contribution in [1.29, 1.82) is 0 Å². The fourth-order valence-electron chi connectivity index (χ4n) is 1.85. The van der Waals surface area contributed by atoms with Crippen LogP contribution in [0, 0.1) is 18.6 Å². The molecule has 0 unspecified atom stereocenters. The van der Waals surface area contributed by atoms with E-state index in [2.05, 4.69) is 0 Å². The van der Waals surface area contributed by atoms with Crippen LogP contribution < -0.4 is 5.73 Å². The van der Waals surface area contributed by atoms with Gasteiger partial charge in [0.1, 0.15) is 11.6 Å².